The molecule has 10 heteroatoms. The van der Waals surface area contributed by atoms with Gasteiger partial charge in [-0.3, -0.25) is 14.9 Å². The Morgan fingerprint density at radius 2 is 1.67 bits per heavy atom. The van der Waals surface area contributed by atoms with E-state index in [-0.39, 0.29) is 54.7 Å². The number of fused-ring (bicyclic) bond motifs is 3. The number of amides is 1. The van der Waals surface area contributed by atoms with Crippen molar-refractivity contribution in [2.45, 2.75) is 31.7 Å². The SMILES string of the molecule is COc1cc(C(C)N(C)C(=O)OCC2c3ccccc3-c3ccccc32)c([N+](=O)[O-])cc1OCCCC(=O)O. The summed E-state index contributed by atoms with van der Waals surface area (Å²) in [4.78, 5) is 36.5. The van der Waals surface area contributed by atoms with Gasteiger partial charge in [0.15, 0.2) is 11.5 Å². The van der Waals surface area contributed by atoms with Crippen molar-refractivity contribution in [1.82, 2.24) is 4.90 Å². The lowest BCUT2D eigenvalue weighted by molar-refractivity contribution is -0.386. The van der Waals surface area contributed by atoms with Crippen molar-refractivity contribution in [3.8, 4) is 22.6 Å². The molecule has 1 unspecified atom stereocenters. The molecule has 1 atom stereocenters. The largest absolute Gasteiger partial charge is 0.493 e. The summed E-state index contributed by atoms with van der Waals surface area (Å²) in [7, 11) is 2.92. The molecule has 0 aromatic heterocycles. The first-order valence-electron chi connectivity index (χ1n) is 12.5. The van der Waals surface area contributed by atoms with E-state index in [4.69, 9.17) is 19.3 Å². The fraction of sp³-hybridized carbons (Fsp3) is 0.310. The maximum absolute atomic E-state index is 13.1. The van der Waals surface area contributed by atoms with E-state index in [9.17, 15) is 19.7 Å². The summed E-state index contributed by atoms with van der Waals surface area (Å²) in [5.74, 6) is -0.720. The predicted molar refractivity (Wildman–Crippen MR) is 143 cm³/mol. The summed E-state index contributed by atoms with van der Waals surface area (Å²) in [6.07, 6.45) is -0.481. The predicted octanol–water partition coefficient (Wildman–Crippen LogP) is 5.79. The minimum atomic E-state index is -0.961. The maximum Gasteiger partial charge on any atom is 0.410 e. The average Bonchev–Trinajstić information content (AvgIpc) is 3.26. The lowest BCUT2D eigenvalue weighted by Gasteiger charge is -2.26. The number of nitro groups is 1. The first-order chi connectivity index (χ1) is 18.7. The molecule has 1 amide bonds. The molecule has 3 aromatic carbocycles. The molecule has 0 aliphatic heterocycles. The normalized spacial score (nSPS) is 12.7. The maximum atomic E-state index is 13.1. The molecular weight excluding hydrogens is 504 g/mol. The van der Waals surface area contributed by atoms with Crippen LogP contribution in [0.15, 0.2) is 60.7 Å². The summed E-state index contributed by atoms with van der Waals surface area (Å²) in [5, 5.41) is 20.7. The van der Waals surface area contributed by atoms with Crippen molar-refractivity contribution >= 4 is 17.7 Å². The van der Waals surface area contributed by atoms with E-state index < -0.39 is 23.0 Å². The van der Waals surface area contributed by atoms with Crippen LogP contribution in [0.4, 0.5) is 10.5 Å². The van der Waals surface area contributed by atoms with Gasteiger partial charge in [0.2, 0.25) is 0 Å². The van der Waals surface area contributed by atoms with Crippen molar-refractivity contribution in [3.63, 3.8) is 0 Å². The fourth-order valence-corrected chi connectivity index (χ4v) is 4.80. The highest BCUT2D eigenvalue weighted by Gasteiger charge is 2.32. The number of carboxylic acids is 1. The summed E-state index contributed by atoms with van der Waals surface area (Å²) in [5.41, 5.74) is 4.39. The van der Waals surface area contributed by atoms with Gasteiger partial charge in [0.1, 0.15) is 6.61 Å². The van der Waals surface area contributed by atoms with Crippen molar-refractivity contribution in [2.75, 3.05) is 27.4 Å². The highest BCUT2D eigenvalue weighted by atomic mass is 16.6. The molecule has 0 saturated carbocycles. The zero-order chi connectivity index (χ0) is 28.1. The Bertz CT molecular complexity index is 1340. The Kier molecular flexibility index (Phi) is 8.33. The van der Waals surface area contributed by atoms with E-state index >= 15 is 0 Å². The van der Waals surface area contributed by atoms with Crippen molar-refractivity contribution < 1.29 is 33.8 Å². The van der Waals surface area contributed by atoms with Gasteiger partial charge in [-0.15, -0.1) is 0 Å². The second kappa shape index (κ2) is 11.8. The van der Waals surface area contributed by atoms with Crippen LogP contribution in [0, 0.1) is 10.1 Å². The number of carbonyl (C=O) groups is 2. The monoisotopic (exact) mass is 534 g/mol. The molecule has 3 aromatic rings. The van der Waals surface area contributed by atoms with Crippen molar-refractivity contribution in [2.24, 2.45) is 0 Å². The second-order valence-corrected chi connectivity index (χ2v) is 9.26. The minimum absolute atomic E-state index is 0.0500. The molecule has 1 aliphatic carbocycles. The highest BCUT2D eigenvalue weighted by molar-refractivity contribution is 5.79. The third kappa shape index (κ3) is 5.79. The Labute approximate surface area is 225 Å². The Balaban J connectivity index is 1.50. The van der Waals surface area contributed by atoms with E-state index in [1.165, 1.54) is 31.2 Å². The molecule has 10 nitrogen and oxygen atoms in total. The first kappa shape index (κ1) is 27.4. The molecule has 0 saturated heterocycles. The molecule has 0 heterocycles. The van der Waals surface area contributed by atoms with Gasteiger partial charge in [0, 0.05) is 19.4 Å². The average molecular weight is 535 g/mol. The molecule has 0 fully saturated rings. The van der Waals surface area contributed by atoms with Gasteiger partial charge in [-0.05, 0) is 41.7 Å². The molecule has 0 radical (unpaired) electrons. The second-order valence-electron chi connectivity index (χ2n) is 9.26. The number of ether oxygens (including phenoxy) is 3. The summed E-state index contributed by atoms with van der Waals surface area (Å²) >= 11 is 0. The zero-order valence-corrected chi connectivity index (χ0v) is 22.0. The van der Waals surface area contributed by atoms with E-state index in [0.29, 0.717) is 0 Å². The third-order valence-corrected chi connectivity index (χ3v) is 6.96. The van der Waals surface area contributed by atoms with Crippen LogP contribution < -0.4 is 9.47 Å². The standard InChI is InChI=1S/C29H30N2O8/c1-18(23-15-26(37-3)27(16-25(23)31(35)36)38-14-8-13-28(32)33)30(2)29(34)39-17-24-21-11-6-4-9-19(21)20-10-5-7-12-22(20)24/h4-7,9-12,15-16,18,24H,8,13-14,17H2,1-3H3,(H,32,33). The molecule has 1 aliphatic rings. The van der Waals surface area contributed by atoms with Crippen LogP contribution in [0.5, 0.6) is 11.5 Å². The minimum Gasteiger partial charge on any atom is -0.493 e. The molecule has 0 spiro atoms. The van der Waals surface area contributed by atoms with Crippen LogP contribution >= 0.6 is 0 Å². The molecule has 39 heavy (non-hydrogen) atoms. The number of carbonyl (C=O) groups excluding carboxylic acids is 1. The number of methoxy groups -OCH3 is 1. The smallest absolute Gasteiger partial charge is 0.410 e. The van der Waals surface area contributed by atoms with Crippen LogP contribution in [-0.4, -0.2) is 54.4 Å². The van der Waals surface area contributed by atoms with Crippen LogP contribution in [0.3, 0.4) is 0 Å². The lowest BCUT2D eigenvalue weighted by Crippen LogP contribution is -2.31. The number of aliphatic carboxylic acids is 1. The quantitative estimate of drug-likeness (QED) is 0.186. The van der Waals surface area contributed by atoms with Gasteiger partial charge < -0.3 is 24.2 Å². The van der Waals surface area contributed by atoms with E-state index in [1.807, 2.05) is 36.4 Å². The van der Waals surface area contributed by atoms with Crippen LogP contribution in [0.1, 0.15) is 48.4 Å². The molecule has 0 bridgehead atoms. The Hall–Kier alpha value is -4.60. The van der Waals surface area contributed by atoms with Crippen molar-refractivity contribution in [3.05, 3.63) is 87.5 Å². The number of rotatable bonds is 11. The van der Waals surface area contributed by atoms with Gasteiger partial charge in [0.25, 0.3) is 5.69 Å². The number of hydrogen-bond donors (Lipinski definition) is 1. The first-order valence-corrected chi connectivity index (χ1v) is 12.5. The van der Waals surface area contributed by atoms with Gasteiger partial charge in [-0.25, -0.2) is 4.79 Å². The van der Waals surface area contributed by atoms with Crippen LogP contribution in [-0.2, 0) is 9.53 Å². The summed E-state index contributed by atoms with van der Waals surface area (Å²) < 4.78 is 16.7. The topological polar surface area (TPSA) is 128 Å². The number of carboxylic acid groups (broad SMARTS) is 1. The molecular formula is C29H30N2O8. The number of hydrogen-bond acceptors (Lipinski definition) is 7. The van der Waals surface area contributed by atoms with Gasteiger partial charge >= 0.3 is 12.1 Å². The lowest BCUT2D eigenvalue weighted by atomic mass is 9.98. The molecule has 204 valence electrons. The number of nitrogens with zero attached hydrogens (tertiary/aromatic N) is 2. The Morgan fingerprint density at radius 1 is 1.05 bits per heavy atom. The highest BCUT2D eigenvalue weighted by Crippen LogP contribution is 2.45. The van der Waals surface area contributed by atoms with E-state index in [2.05, 4.69) is 12.1 Å². The van der Waals surface area contributed by atoms with Crippen LogP contribution in [0.2, 0.25) is 0 Å². The third-order valence-electron chi connectivity index (χ3n) is 6.96. The van der Waals surface area contributed by atoms with Gasteiger partial charge in [-0.1, -0.05) is 48.5 Å². The van der Waals surface area contributed by atoms with Crippen molar-refractivity contribution in [1.29, 1.82) is 0 Å². The zero-order valence-electron chi connectivity index (χ0n) is 22.0. The van der Waals surface area contributed by atoms with Gasteiger partial charge in [0.05, 0.1) is 36.3 Å². The number of benzene rings is 3. The van der Waals surface area contributed by atoms with Crippen LogP contribution in [0.25, 0.3) is 11.1 Å². The van der Waals surface area contributed by atoms with E-state index in [0.717, 1.165) is 22.3 Å². The summed E-state index contributed by atoms with van der Waals surface area (Å²) in [6, 6.07) is 18.0. The molecule has 1 N–H and O–H groups in total. The van der Waals surface area contributed by atoms with Gasteiger partial charge in [-0.2, -0.15) is 0 Å². The fourth-order valence-electron chi connectivity index (χ4n) is 4.80. The van der Waals surface area contributed by atoms with E-state index in [1.54, 1.807) is 6.92 Å². The molecule has 4 rings (SSSR count). The summed E-state index contributed by atoms with van der Waals surface area (Å²) in [6.45, 7) is 1.84. The Morgan fingerprint density at radius 3 is 2.23 bits per heavy atom. The number of nitro benzene ring substituents is 1.